The van der Waals surface area contributed by atoms with Crippen molar-refractivity contribution in [1.29, 1.82) is 0 Å². The molecule has 2 aliphatic heterocycles. The third-order valence-corrected chi connectivity index (χ3v) is 4.49. The first kappa shape index (κ1) is 10.5. The van der Waals surface area contributed by atoms with Gasteiger partial charge in [-0.05, 0) is 25.7 Å². The van der Waals surface area contributed by atoms with Gasteiger partial charge in [-0.15, -0.1) is 0 Å². The number of hydrogen-bond acceptors (Lipinski definition) is 3. The smallest absolute Gasteiger partial charge is 0.222 e. The molecule has 0 aromatic rings. The largest absolute Gasteiger partial charge is 0.337 e. The van der Waals surface area contributed by atoms with E-state index in [1.807, 2.05) is 0 Å². The van der Waals surface area contributed by atoms with Crippen molar-refractivity contribution in [1.82, 2.24) is 9.80 Å². The molecule has 0 unspecified atom stereocenters. The number of nitrogens with two attached hydrogens (primary N) is 1. The van der Waals surface area contributed by atoms with Crippen LogP contribution in [0.5, 0.6) is 0 Å². The van der Waals surface area contributed by atoms with E-state index >= 15 is 0 Å². The third kappa shape index (κ3) is 1.74. The second-order valence-corrected chi connectivity index (χ2v) is 5.50. The molecule has 1 aliphatic carbocycles. The molecule has 1 saturated carbocycles. The number of piperazine rings is 1. The molecule has 1 amide bonds. The van der Waals surface area contributed by atoms with Gasteiger partial charge in [-0.25, -0.2) is 0 Å². The van der Waals surface area contributed by atoms with Gasteiger partial charge in [0.25, 0.3) is 0 Å². The van der Waals surface area contributed by atoms with Crippen molar-refractivity contribution < 1.29 is 4.79 Å². The Balaban J connectivity index is 1.62. The molecular formula is C12H21N3O. The van der Waals surface area contributed by atoms with Crippen LogP contribution in [0.4, 0.5) is 0 Å². The average Bonchev–Trinajstić information content (AvgIpc) is 2.86. The van der Waals surface area contributed by atoms with Crippen LogP contribution in [0.3, 0.4) is 0 Å². The zero-order chi connectivity index (χ0) is 11.1. The second kappa shape index (κ2) is 4.00. The summed E-state index contributed by atoms with van der Waals surface area (Å²) < 4.78 is 0. The Morgan fingerprint density at radius 2 is 2.00 bits per heavy atom. The molecule has 4 heteroatoms. The van der Waals surface area contributed by atoms with Gasteiger partial charge in [0, 0.05) is 44.2 Å². The fourth-order valence-electron chi connectivity index (χ4n) is 3.54. The number of carbonyl (C=O) groups excluding carboxylic acids is 1. The first-order chi connectivity index (χ1) is 7.74. The fourth-order valence-corrected chi connectivity index (χ4v) is 3.54. The van der Waals surface area contributed by atoms with Crippen LogP contribution in [-0.4, -0.2) is 53.5 Å². The van der Waals surface area contributed by atoms with Crippen LogP contribution in [0.1, 0.15) is 32.1 Å². The topological polar surface area (TPSA) is 49.6 Å². The van der Waals surface area contributed by atoms with Gasteiger partial charge in [-0.2, -0.15) is 0 Å². The predicted molar refractivity (Wildman–Crippen MR) is 61.9 cm³/mol. The van der Waals surface area contributed by atoms with Gasteiger partial charge in [0.05, 0.1) is 0 Å². The van der Waals surface area contributed by atoms with E-state index < -0.39 is 0 Å². The number of fused-ring (bicyclic) bond motifs is 1. The molecule has 2 saturated heterocycles. The van der Waals surface area contributed by atoms with Crippen LogP contribution >= 0.6 is 0 Å². The highest BCUT2D eigenvalue weighted by Crippen LogP contribution is 2.28. The molecule has 0 aromatic carbocycles. The summed E-state index contributed by atoms with van der Waals surface area (Å²) in [4.78, 5) is 16.2. The van der Waals surface area contributed by atoms with Crippen LogP contribution < -0.4 is 5.73 Å². The van der Waals surface area contributed by atoms with E-state index in [9.17, 15) is 4.79 Å². The zero-order valence-electron chi connectivity index (χ0n) is 9.77. The van der Waals surface area contributed by atoms with Gasteiger partial charge in [-0.1, -0.05) is 0 Å². The van der Waals surface area contributed by atoms with E-state index in [2.05, 4.69) is 9.80 Å². The van der Waals surface area contributed by atoms with E-state index in [1.165, 1.54) is 12.8 Å². The minimum Gasteiger partial charge on any atom is -0.337 e. The second-order valence-electron chi connectivity index (χ2n) is 5.50. The lowest BCUT2D eigenvalue weighted by atomic mass is 10.1. The van der Waals surface area contributed by atoms with Crippen molar-refractivity contribution >= 4 is 5.91 Å². The molecule has 16 heavy (non-hydrogen) atoms. The van der Waals surface area contributed by atoms with Gasteiger partial charge in [0.1, 0.15) is 0 Å². The van der Waals surface area contributed by atoms with Crippen LogP contribution in [0.25, 0.3) is 0 Å². The zero-order valence-corrected chi connectivity index (χ0v) is 9.77. The number of amides is 1. The Morgan fingerprint density at radius 1 is 1.12 bits per heavy atom. The monoisotopic (exact) mass is 223 g/mol. The Hall–Kier alpha value is -0.610. The minimum absolute atomic E-state index is 0.368. The normalized spacial score (nSPS) is 40.4. The van der Waals surface area contributed by atoms with Crippen molar-refractivity contribution in [2.45, 2.75) is 50.2 Å². The van der Waals surface area contributed by atoms with Crippen molar-refractivity contribution in [3.05, 3.63) is 0 Å². The molecular weight excluding hydrogens is 202 g/mol. The third-order valence-electron chi connectivity index (χ3n) is 4.49. The maximum atomic E-state index is 11.6. The van der Waals surface area contributed by atoms with E-state index in [4.69, 9.17) is 5.73 Å². The summed E-state index contributed by atoms with van der Waals surface area (Å²) in [5, 5.41) is 0. The van der Waals surface area contributed by atoms with Crippen molar-refractivity contribution in [3.8, 4) is 0 Å². The molecule has 0 spiro atoms. The molecule has 2 N–H and O–H groups in total. The molecule has 0 bridgehead atoms. The Kier molecular flexibility index (Phi) is 2.64. The van der Waals surface area contributed by atoms with E-state index in [-0.39, 0.29) is 0 Å². The minimum atomic E-state index is 0.368. The van der Waals surface area contributed by atoms with Crippen LogP contribution in [0.2, 0.25) is 0 Å². The number of nitrogens with zero attached hydrogens (tertiary/aromatic N) is 2. The molecule has 4 nitrogen and oxygen atoms in total. The first-order valence-corrected chi connectivity index (χ1v) is 6.53. The summed E-state index contributed by atoms with van der Waals surface area (Å²) in [5.74, 6) is 0.368. The molecule has 3 aliphatic rings. The lowest BCUT2D eigenvalue weighted by Crippen LogP contribution is -2.54. The average molecular weight is 223 g/mol. The summed E-state index contributed by atoms with van der Waals surface area (Å²) in [6.45, 7) is 3.08. The lowest BCUT2D eigenvalue weighted by Gasteiger charge is -2.40. The van der Waals surface area contributed by atoms with Crippen LogP contribution in [0, 0.1) is 0 Å². The summed E-state index contributed by atoms with van der Waals surface area (Å²) >= 11 is 0. The summed E-state index contributed by atoms with van der Waals surface area (Å²) in [6, 6.07) is 1.60. The lowest BCUT2D eigenvalue weighted by molar-refractivity contribution is -0.131. The van der Waals surface area contributed by atoms with E-state index in [0.29, 0.717) is 24.0 Å². The number of rotatable bonds is 1. The molecule has 0 radical (unpaired) electrons. The highest BCUT2D eigenvalue weighted by atomic mass is 16.2. The Labute approximate surface area is 96.8 Å². The maximum Gasteiger partial charge on any atom is 0.222 e. The van der Waals surface area contributed by atoms with Crippen LogP contribution in [-0.2, 0) is 4.79 Å². The van der Waals surface area contributed by atoms with Gasteiger partial charge in [0.15, 0.2) is 0 Å². The van der Waals surface area contributed by atoms with Gasteiger partial charge in [-0.3, -0.25) is 9.69 Å². The van der Waals surface area contributed by atoms with Crippen molar-refractivity contribution in [2.75, 3.05) is 19.6 Å². The van der Waals surface area contributed by atoms with Gasteiger partial charge < -0.3 is 10.6 Å². The summed E-state index contributed by atoms with van der Waals surface area (Å²) in [7, 11) is 0. The predicted octanol–water partition coefficient (Wildman–Crippen LogP) is 0.173. The quantitative estimate of drug-likeness (QED) is 0.689. The van der Waals surface area contributed by atoms with Crippen molar-refractivity contribution in [3.63, 3.8) is 0 Å². The molecule has 0 aromatic heterocycles. The molecule has 90 valence electrons. The fraction of sp³-hybridized carbons (Fsp3) is 0.917. The highest BCUT2D eigenvalue weighted by molar-refractivity contribution is 5.78. The Bertz CT molecular complexity index is 294. The van der Waals surface area contributed by atoms with E-state index in [1.54, 1.807) is 0 Å². The first-order valence-electron chi connectivity index (χ1n) is 6.53. The van der Waals surface area contributed by atoms with Gasteiger partial charge >= 0.3 is 0 Å². The molecule has 3 fully saturated rings. The maximum absolute atomic E-state index is 11.6. The standard InChI is InChI=1S/C12H21N3O/c13-9-1-2-10(7-9)14-5-6-15-11(8-14)3-4-12(15)16/h9-11H,1-8,13H2/t9-,10+,11-/m1/s1. The number of hydrogen-bond donors (Lipinski definition) is 1. The van der Waals surface area contributed by atoms with Gasteiger partial charge in [0.2, 0.25) is 5.91 Å². The van der Waals surface area contributed by atoms with Crippen molar-refractivity contribution in [2.24, 2.45) is 5.73 Å². The summed E-state index contributed by atoms with van der Waals surface area (Å²) in [6.07, 6.45) is 5.41. The molecule has 2 heterocycles. The van der Waals surface area contributed by atoms with E-state index in [0.717, 1.165) is 38.9 Å². The summed E-state index contributed by atoms with van der Waals surface area (Å²) in [5.41, 5.74) is 5.97. The highest BCUT2D eigenvalue weighted by Gasteiger charge is 2.38. The number of carbonyl (C=O) groups is 1. The Morgan fingerprint density at radius 3 is 2.75 bits per heavy atom. The molecule has 3 atom stereocenters. The molecule has 3 rings (SSSR count). The SMILES string of the molecule is N[C@@H]1CC[C@H](N2CCN3C(=O)CC[C@@H]3C2)C1. The van der Waals surface area contributed by atoms with Crippen LogP contribution in [0.15, 0.2) is 0 Å².